The first-order valence-corrected chi connectivity index (χ1v) is 6.96. The number of hydrogen-bond acceptors (Lipinski definition) is 3. The van der Waals surface area contributed by atoms with Gasteiger partial charge in [0.25, 0.3) is 11.8 Å². The molecule has 0 aliphatic rings. The normalized spacial score (nSPS) is 10.7. The Bertz CT molecular complexity index is 470. The van der Waals surface area contributed by atoms with Crippen molar-refractivity contribution in [3.05, 3.63) is 29.6 Å². The van der Waals surface area contributed by atoms with Crippen molar-refractivity contribution >= 4 is 11.8 Å². The number of carbonyl (C=O) groups excluding carboxylic acids is 2. The molecule has 20 heavy (non-hydrogen) atoms. The summed E-state index contributed by atoms with van der Waals surface area (Å²) in [5, 5.41) is 5.55. The van der Waals surface area contributed by atoms with Gasteiger partial charge in [-0.05, 0) is 38.3 Å². The minimum Gasteiger partial charge on any atom is -0.351 e. The highest BCUT2D eigenvalue weighted by Gasteiger charge is 2.12. The second kappa shape index (κ2) is 7.62. The van der Waals surface area contributed by atoms with Crippen LogP contribution in [0.4, 0.5) is 0 Å². The van der Waals surface area contributed by atoms with Crippen molar-refractivity contribution < 1.29 is 9.59 Å². The minimum atomic E-state index is -0.267. The summed E-state index contributed by atoms with van der Waals surface area (Å²) in [6, 6.07) is 4.91. The van der Waals surface area contributed by atoms with Gasteiger partial charge in [-0.2, -0.15) is 0 Å². The average molecular weight is 277 g/mol. The van der Waals surface area contributed by atoms with Gasteiger partial charge >= 0.3 is 0 Å². The Hall–Kier alpha value is -1.91. The second-order valence-corrected chi connectivity index (χ2v) is 5.47. The Morgan fingerprint density at radius 2 is 1.70 bits per heavy atom. The van der Waals surface area contributed by atoms with Gasteiger partial charge in [0.1, 0.15) is 11.4 Å². The number of carbonyl (C=O) groups is 2. The van der Waals surface area contributed by atoms with E-state index in [1.54, 1.807) is 18.2 Å². The molecule has 0 saturated heterocycles. The third-order valence-corrected chi connectivity index (χ3v) is 2.64. The third-order valence-electron chi connectivity index (χ3n) is 2.64. The molecule has 0 aromatic carbocycles. The largest absolute Gasteiger partial charge is 0.351 e. The second-order valence-electron chi connectivity index (χ2n) is 5.47. The molecule has 110 valence electrons. The van der Waals surface area contributed by atoms with E-state index in [0.29, 0.717) is 12.5 Å². The molecule has 1 aromatic heterocycles. The first-order valence-electron chi connectivity index (χ1n) is 6.96. The number of hydrogen-bond donors (Lipinski definition) is 2. The summed E-state index contributed by atoms with van der Waals surface area (Å²) in [5.74, 6) is 0.0214. The van der Waals surface area contributed by atoms with Crippen LogP contribution in [0.25, 0.3) is 0 Å². The first kappa shape index (κ1) is 16.1. The van der Waals surface area contributed by atoms with Gasteiger partial charge in [-0.1, -0.05) is 19.9 Å². The van der Waals surface area contributed by atoms with Crippen LogP contribution in [0.3, 0.4) is 0 Å². The molecule has 2 amide bonds. The van der Waals surface area contributed by atoms with E-state index < -0.39 is 0 Å². The van der Waals surface area contributed by atoms with E-state index in [9.17, 15) is 9.59 Å². The summed E-state index contributed by atoms with van der Waals surface area (Å²) < 4.78 is 0. The van der Waals surface area contributed by atoms with Gasteiger partial charge in [-0.15, -0.1) is 0 Å². The Balaban J connectivity index is 2.67. The summed E-state index contributed by atoms with van der Waals surface area (Å²) in [7, 11) is 0. The van der Waals surface area contributed by atoms with Gasteiger partial charge in [-0.25, -0.2) is 4.98 Å². The Morgan fingerprint density at radius 1 is 1.10 bits per heavy atom. The quantitative estimate of drug-likeness (QED) is 0.835. The molecule has 2 N–H and O–H groups in total. The van der Waals surface area contributed by atoms with E-state index in [1.165, 1.54) is 0 Å². The van der Waals surface area contributed by atoms with Crippen LogP contribution in [0.5, 0.6) is 0 Å². The van der Waals surface area contributed by atoms with Crippen LogP contribution in [0.15, 0.2) is 18.2 Å². The minimum absolute atomic E-state index is 0.0350. The SMILES string of the molecule is CC(C)CCNC(=O)c1cccc(C(=O)NC(C)C)n1. The highest BCUT2D eigenvalue weighted by atomic mass is 16.2. The lowest BCUT2D eigenvalue weighted by molar-refractivity contribution is 0.0936. The van der Waals surface area contributed by atoms with Gasteiger partial charge in [-0.3, -0.25) is 9.59 Å². The lowest BCUT2D eigenvalue weighted by Gasteiger charge is -2.09. The lowest BCUT2D eigenvalue weighted by Crippen LogP contribution is -2.32. The van der Waals surface area contributed by atoms with Crippen LogP contribution in [0.1, 0.15) is 55.1 Å². The van der Waals surface area contributed by atoms with E-state index in [0.717, 1.165) is 6.42 Å². The monoisotopic (exact) mass is 277 g/mol. The molecule has 1 aromatic rings. The molecule has 0 spiro atoms. The van der Waals surface area contributed by atoms with Crippen LogP contribution < -0.4 is 10.6 Å². The van der Waals surface area contributed by atoms with Crippen molar-refractivity contribution in [1.82, 2.24) is 15.6 Å². The zero-order valence-electron chi connectivity index (χ0n) is 12.6. The first-order chi connectivity index (χ1) is 9.40. The summed E-state index contributed by atoms with van der Waals surface area (Å²) >= 11 is 0. The average Bonchev–Trinajstić information content (AvgIpc) is 2.37. The highest BCUT2D eigenvalue weighted by Crippen LogP contribution is 2.02. The summed E-state index contributed by atoms with van der Waals surface area (Å²) in [6.07, 6.45) is 0.916. The molecular weight excluding hydrogens is 254 g/mol. The number of amides is 2. The van der Waals surface area contributed by atoms with Gasteiger partial charge in [0, 0.05) is 12.6 Å². The summed E-state index contributed by atoms with van der Waals surface area (Å²) in [4.78, 5) is 27.8. The molecule has 0 unspecified atom stereocenters. The Labute approximate surface area is 120 Å². The van der Waals surface area contributed by atoms with E-state index in [4.69, 9.17) is 0 Å². The fraction of sp³-hybridized carbons (Fsp3) is 0.533. The van der Waals surface area contributed by atoms with Crippen molar-refractivity contribution in [2.24, 2.45) is 5.92 Å². The van der Waals surface area contributed by atoms with Crippen LogP contribution in [-0.4, -0.2) is 29.4 Å². The molecule has 0 atom stereocenters. The number of nitrogens with zero attached hydrogens (tertiary/aromatic N) is 1. The maximum absolute atomic E-state index is 11.9. The number of aromatic nitrogens is 1. The summed E-state index contributed by atoms with van der Waals surface area (Å²) in [5.41, 5.74) is 0.528. The van der Waals surface area contributed by atoms with Crippen LogP contribution in [-0.2, 0) is 0 Å². The molecule has 0 aliphatic heterocycles. The lowest BCUT2D eigenvalue weighted by atomic mass is 10.1. The molecule has 1 rings (SSSR count). The number of pyridine rings is 1. The highest BCUT2D eigenvalue weighted by molar-refractivity contribution is 5.96. The Kier molecular flexibility index (Phi) is 6.15. The molecular formula is C15H23N3O2. The molecule has 5 heteroatoms. The van der Waals surface area contributed by atoms with Gasteiger partial charge in [0.05, 0.1) is 0 Å². The third kappa shape index (κ3) is 5.38. The van der Waals surface area contributed by atoms with Crippen LogP contribution >= 0.6 is 0 Å². The number of rotatable bonds is 6. The van der Waals surface area contributed by atoms with Gasteiger partial charge in [0.2, 0.25) is 0 Å². The van der Waals surface area contributed by atoms with Crippen molar-refractivity contribution in [3.8, 4) is 0 Å². The predicted octanol–water partition coefficient (Wildman–Crippen LogP) is 2.00. The smallest absolute Gasteiger partial charge is 0.270 e. The standard InChI is InChI=1S/C15H23N3O2/c1-10(2)8-9-16-14(19)12-6-5-7-13(18-12)15(20)17-11(3)4/h5-7,10-11H,8-9H2,1-4H3,(H,16,19)(H,17,20). The van der Waals surface area contributed by atoms with Crippen molar-refractivity contribution in [3.63, 3.8) is 0 Å². The topological polar surface area (TPSA) is 71.1 Å². The zero-order valence-corrected chi connectivity index (χ0v) is 12.6. The van der Waals surface area contributed by atoms with E-state index in [-0.39, 0.29) is 29.2 Å². The molecule has 0 fully saturated rings. The maximum Gasteiger partial charge on any atom is 0.270 e. The molecule has 0 bridgehead atoms. The van der Waals surface area contributed by atoms with E-state index in [2.05, 4.69) is 29.5 Å². The Morgan fingerprint density at radius 3 is 2.25 bits per heavy atom. The van der Waals surface area contributed by atoms with E-state index in [1.807, 2.05) is 13.8 Å². The molecule has 0 radical (unpaired) electrons. The van der Waals surface area contributed by atoms with Gasteiger partial charge < -0.3 is 10.6 Å². The maximum atomic E-state index is 11.9. The molecule has 5 nitrogen and oxygen atoms in total. The van der Waals surface area contributed by atoms with E-state index >= 15 is 0 Å². The molecule has 0 saturated carbocycles. The van der Waals surface area contributed by atoms with Crippen LogP contribution in [0.2, 0.25) is 0 Å². The fourth-order valence-corrected chi connectivity index (χ4v) is 1.59. The molecule has 1 heterocycles. The fourth-order valence-electron chi connectivity index (χ4n) is 1.59. The summed E-state index contributed by atoms with van der Waals surface area (Å²) in [6.45, 7) is 8.56. The van der Waals surface area contributed by atoms with Crippen molar-refractivity contribution in [1.29, 1.82) is 0 Å². The van der Waals surface area contributed by atoms with Crippen LogP contribution in [0, 0.1) is 5.92 Å². The molecule has 0 aliphatic carbocycles. The van der Waals surface area contributed by atoms with Crippen molar-refractivity contribution in [2.75, 3.05) is 6.54 Å². The number of nitrogens with one attached hydrogen (secondary N) is 2. The zero-order chi connectivity index (χ0) is 15.1. The predicted molar refractivity (Wildman–Crippen MR) is 78.6 cm³/mol. The van der Waals surface area contributed by atoms with Crippen molar-refractivity contribution in [2.45, 2.75) is 40.2 Å². The van der Waals surface area contributed by atoms with Gasteiger partial charge in [0.15, 0.2) is 0 Å².